The van der Waals surface area contributed by atoms with Crippen molar-refractivity contribution in [3.63, 3.8) is 0 Å². The van der Waals surface area contributed by atoms with Gasteiger partial charge in [-0.1, -0.05) is 0 Å². The summed E-state index contributed by atoms with van der Waals surface area (Å²) in [5.74, 6) is 0.782. The maximum absolute atomic E-state index is 12.5. The third kappa shape index (κ3) is 5.58. The number of pyridine rings is 1. The third-order valence-electron chi connectivity index (χ3n) is 6.22. The second-order valence-corrected chi connectivity index (χ2v) is 8.81. The van der Waals surface area contributed by atoms with Crippen molar-refractivity contribution in [3.8, 4) is 28.4 Å². The van der Waals surface area contributed by atoms with Gasteiger partial charge in [0.15, 0.2) is 0 Å². The topological polar surface area (TPSA) is 132 Å². The van der Waals surface area contributed by atoms with Gasteiger partial charge in [0.25, 0.3) is 5.56 Å². The number of piperazine rings is 1. The fraction of sp³-hybridized carbons (Fsp3) is 0.320. The molecule has 11 nitrogen and oxygen atoms in total. The van der Waals surface area contributed by atoms with Crippen LogP contribution in [0.3, 0.4) is 0 Å². The van der Waals surface area contributed by atoms with Crippen LogP contribution in [0.25, 0.3) is 33.7 Å². The largest absolute Gasteiger partial charge is 0.412 e. The van der Waals surface area contributed by atoms with E-state index in [4.69, 9.17) is 4.74 Å². The molecule has 1 aliphatic rings. The first-order valence-corrected chi connectivity index (χ1v) is 11.9. The van der Waals surface area contributed by atoms with Gasteiger partial charge in [-0.15, -0.1) is 0 Å². The number of nitrogens with zero attached hydrogens (tertiary/aromatic N) is 5. The van der Waals surface area contributed by atoms with Crippen LogP contribution in [0.1, 0.15) is 6.42 Å². The molecule has 1 saturated heterocycles. The second-order valence-electron chi connectivity index (χ2n) is 8.81. The van der Waals surface area contributed by atoms with Gasteiger partial charge in [-0.2, -0.15) is 5.10 Å². The van der Waals surface area contributed by atoms with Gasteiger partial charge in [0.1, 0.15) is 11.6 Å². The van der Waals surface area contributed by atoms with Gasteiger partial charge in [-0.25, -0.2) is 14.9 Å². The molecule has 3 N–H and O–H groups in total. The van der Waals surface area contributed by atoms with Gasteiger partial charge in [0.2, 0.25) is 0 Å². The van der Waals surface area contributed by atoms with Crippen LogP contribution in [-0.2, 0) is 0 Å². The Bertz CT molecular complexity index is 1390. The van der Waals surface area contributed by atoms with Crippen LogP contribution in [0.2, 0.25) is 0 Å². The fourth-order valence-electron chi connectivity index (χ4n) is 4.14. The van der Waals surface area contributed by atoms with E-state index in [9.17, 15) is 9.59 Å². The van der Waals surface area contributed by atoms with Crippen LogP contribution in [0.15, 0.2) is 53.6 Å². The quantitative estimate of drug-likeness (QED) is 0.337. The molecule has 0 spiro atoms. The number of H-pyrrole nitrogens is 2. The summed E-state index contributed by atoms with van der Waals surface area (Å²) in [5.41, 5.74) is 2.70. The Kier molecular flexibility index (Phi) is 7.01. The molecule has 1 aliphatic heterocycles. The standard InChI is InChI=1S/C25H28N8O3/c1-32-11-13-33(14-12-32)10-2-7-27-25(35)36-18-3-4-20-22(15-18)29-23(28-20)19-16-21(30-31-24(19)34)17-5-8-26-9-6-17/h3-6,8-9,15-16H,2,7,10-14H2,1H3,(H,27,35)(H,28,29)(H,31,34). The number of likely N-dealkylation sites (N-methyl/N-ethyl adjacent to an activating group) is 1. The smallest absolute Gasteiger partial charge is 0.410 e. The predicted molar refractivity (Wildman–Crippen MR) is 136 cm³/mol. The van der Waals surface area contributed by atoms with Gasteiger partial charge in [-0.3, -0.25) is 9.78 Å². The van der Waals surface area contributed by atoms with E-state index in [-0.39, 0.29) is 5.56 Å². The number of fused-ring (bicyclic) bond motifs is 1. The molecule has 4 heterocycles. The summed E-state index contributed by atoms with van der Waals surface area (Å²) in [6.07, 6.45) is 3.69. The lowest BCUT2D eigenvalue weighted by Crippen LogP contribution is -2.45. The molecule has 36 heavy (non-hydrogen) atoms. The molecule has 0 aliphatic carbocycles. The fourth-order valence-corrected chi connectivity index (χ4v) is 4.14. The van der Waals surface area contributed by atoms with Crippen molar-refractivity contribution < 1.29 is 9.53 Å². The molecule has 11 heteroatoms. The number of nitrogens with one attached hydrogen (secondary N) is 3. The lowest BCUT2D eigenvalue weighted by molar-refractivity contribution is 0.152. The number of hydrogen-bond acceptors (Lipinski definition) is 8. The Morgan fingerprint density at radius 1 is 1.11 bits per heavy atom. The SMILES string of the molecule is CN1CCN(CCCNC(=O)Oc2ccc3nc(-c4cc(-c5ccncc5)n[nH]c4=O)[nH]c3c2)CC1. The van der Waals surface area contributed by atoms with Crippen LogP contribution < -0.4 is 15.6 Å². The first kappa shape index (κ1) is 23.6. The summed E-state index contributed by atoms with van der Waals surface area (Å²) in [5, 5.41) is 9.45. The maximum Gasteiger partial charge on any atom is 0.412 e. The zero-order valence-electron chi connectivity index (χ0n) is 20.0. The second kappa shape index (κ2) is 10.7. The lowest BCUT2D eigenvalue weighted by atomic mass is 10.1. The molecule has 0 saturated carbocycles. The van der Waals surface area contributed by atoms with Crippen molar-refractivity contribution in [3.05, 3.63) is 59.1 Å². The van der Waals surface area contributed by atoms with E-state index in [0.29, 0.717) is 40.4 Å². The average Bonchev–Trinajstić information content (AvgIpc) is 3.32. The predicted octanol–water partition coefficient (Wildman–Crippen LogP) is 2.10. The van der Waals surface area contributed by atoms with Crippen LogP contribution >= 0.6 is 0 Å². The molecule has 1 amide bonds. The number of carbonyl (C=O) groups excluding carboxylic acids is 1. The Morgan fingerprint density at radius 3 is 2.72 bits per heavy atom. The van der Waals surface area contributed by atoms with Crippen LogP contribution in [0.4, 0.5) is 4.79 Å². The van der Waals surface area contributed by atoms with E-state index in [1.165, 1.54) is 0 Å². The highest BCUT2D eigenvalue weighted by Crippen LogP contribution is 2.24. The van der Waals surface area contributed by atoms with Crippen molar-refractivity contribution in [1.29, 1.82) is 0 Å². The number of ether oxygens (including phenoxy) is 1. The zero-order chi connectivity index (χ0) is 24.9. The van der Waals surface area contributed by atoms with Crippen LogP contribution in [0, 0.1) is 0 Å². The number of aromatic nitrogens is 5. The van der Waals surface area contributed by atoms with Gasteiger partial charge in [-0.05, 0) is 50.3 Å². The van der Waals surface area contributed by atoms with Crippen molar-refractivity contribution in [1.82, 2.24) is 40.3 Å². The van der Waals surface area contributed by atoms with Crippen molar-refractivity contribution >= 4 is 17.1 Å². The summed E-state index contributed by atoms with van der Waals surface area (Å²) in [7, 11) is 2.13. The Hall–Kier alpha value is -4.09. The Morgan fingerprint density at radius 2 is 1.92 bits per heavy atom. The first-order chi connectivity index (χ1) is 17.5. The summed E-state index contributed by atoms with van der Waals surface area (Å²) < 4.78 is 5.44. The highest BCUT2D eigenvalue weighted by molar-refractivity contribution is 5.82. The molecule has 1 aromatic carbocycles. The summed E-state index contributed by atoms with van der Waals surface area (Å²) >= 11 is 0. The molecule has 0 atom stereocenters. The molecule has 0 radical (unpaired) electrons. The van der Waals surface area contributed by atoms with E-state index in [1.807, 2.05) is 12.1 Å². The molecule has 0 bridgehead atoms. The van der Waals surface area contributed by atoms with E-state index >= 15 is 0 Å². The minimum Gasteiger partial charge on any atom is -0.410 e. The average molecular weight is 489 g/mol. The number of carbonyl (C=O) groups is 1. The van der Waals surface area contributed by atoms with Gasteiger partial charge >= 0.3 is 6.09 Å². The Labute approximate surface area is 207 Å². The van der Waals surface area contributed by atoms with Gasteiger partial charge < -0.3 is 24.8 Å². The van der Waals surface area contributed by atoms with Crippen LogP contribution in [0.5, 0.6) is 5.75 Å². The monoisotopic (exact) mass is 488 g/mol. The molecular formula is C25H28N8O3. The van der Waals surface area contributed by atoms with Crippen molar-refractivity contribution in [2.45, 2.75) is 6.42 Å². The number of amides is 1. The third-order valence-corrected chi connectivity index (χ3v) is 6.22. The van der Waals surface area contributed by atoms with Crippen molar-refractivity contribution in [2.24, 2.45) is 0 Å². The van der Waals surface area contributed by atoms with E-state index < -0.39 is 6.09 Å². The molecule has 1 fully saturated rings. The lowest BCUT2D eigenvalue weighted by Gasteiger charge is -2.32. The molecule has 3 aromatic heterocycles. The van der Waals surface area contributed by atoms with Crippen LogP contribution in [-0.4, -0.2) is 87.4 Å². The minimum atomic E-state index is -0.500. The first-order valence-electron chi connectivity index (χ1n) is 11.9. The number of aromatic amines is 2. The van der Waals surface area contributed by atoms with E-state index in [0.717, 1.165) is 44.7 Å². The number of rotatable bonds is 7. The molecular weight excluding hydrogens is 460 g/mol. The molecule has 186 valence electrons. The molecule has 5 rings (SSSR count). The summed E-state index contributed by atoms with van der Waals surface area (Å²) in [6, 6.07) is 10.4. The van der Waals surface area contributed by atoms with Crippen molar-refractivity contribution in [2.75, 3.05) is 46.3 Å². The maximum atomic E-state index is 12.5. The van der Waals surface area contributed by atoms with E-state index in [1.54, 1.807) is 36.7 Å². The molecule has 4 aromatic rings. The van der Waals surface area contributed by atoms with Gasteiger partial charge in [0, 0.05) is 56.7 Å². The summed E-state index contributed by atoms with van der Waals surface area (Å²) in [4.78, 5) is 41.1. The minimum absolute atomic E-state index is 0.355. The number of imidazole rings is 1. The summed E-state index contributed by atoms with van der Waals surface area (Å²) in [6.45, 7) is 5.77. The normalized spacial score (nSPS) is 14.7. The number of hydrogen-bond donors (Lipinski definition) is 3. The molecule has 0 unspecified atom stereocenters. The highest BCUT2D eigenvalue weighted by atomic mass is 16.6. The Balaban J connectivity index is 1.21. The zero-order valence-corrected chi connectivity index (χ0v) is 20.0. The highest BCUT2D eigenvalue weighted by Gasteiger charge is 2.15. The number of benzene rings is 1. The van der Waals surface area contributed by atoms with Gasteiger partial charge in [0.05, 0.1) is 22.3 Å². The van der Waals surface area contributed by atoms with E-state index in [2.05, 4.69) is 47.3 Å².